The molecule has 0 aliphatic rings. The first-order valence-corrected chi connectivity index (χ1v) is 7.73. The summed E-state index contributed by atoms with van der Waals surface area (Å²) in [5, 5.41) is 4.10. The number of hydrogen-bond donors (Lipinski definition) is 1. The third kappa shape index (κ3) is 7.33. The van der Waals surface area contributed by atoms with Gasteiger partial charge in [-0.15, -0.1) is 0 Å². The maximum atomic E-state index is 5.94. The number of methoxy groups -OCH3 is 1. The van der Waals surface area contributed by atoms with Crippen molar-refractivity contribution in [3.63, 3.8) is 0 Å². The van der Waals surface area contributed by atoms with Crippen LogP contribution in [-0.4, -0.2) is 52.8 Å². The molecule has 116 valence electrons. The summed E-state index contributed by atoms with van der Waals surface area (Å²) in [6, 6.07) is 2.00. The summed E-state index contributed by atoms with van der Waals surface area (Å²) in [7, 11) is 1.65. The molecule has 0 saturated carbocycles. The van der Waals surface area contributed by atoms with Gasteiger partial charge in [-0.05, 0) is 29.3 Å². The maximum Gasteiger partial charge on any atom is 0.0982 e. The Balaban J connectivity index is 2.04. The van der Waals surface area contributed by atoms with Crippen LogP contribution in [0.3, 0.4) is 0 Å². The highest BCUT2D eigenvalue weighted by atomic mass is 32.1. The fourth-order valence-electron chi connectivity index (χ4n) is 1.69. The van der Waals surface area contributed by atoms with Gasteiger partial charge >= 0.3 is 0 Å². The second kappa shape index (κ2) is 11.2. The van der Waals surface area contributed by atoms with Gasteiger partial charge in [0, 0.05) is 13.2 Å². The van der Waals surface area contributed by atoms with Crippen molar-refractivity contribution in [1.29, 1.82) is 0 Å². The molecule has 5 nitrogen and oxygen atoms in total. The van der Waals surface area contributed by atoms with E-state index in [2.05, 4.69) is 5.38 Å². The number of thiophene rings is 1. The van der Waals surface area contributed by atoms with E-state index in [-0.39, 0.29) is 12.1 Å². The molecule has 0 fully saturated rings. The fraction of sp³-hybridized carbons (Fsp3) is 0.714. The number of rotatable bonds is 12. The van der Waals surface area contributed by atoms with Gasteiger partial charge in [-0.3, -0.25) is 0 Å². The SMILES string of the molecule is COCCOCCOCCOC(c1ccsc1)C(C)N. The summed E-state index contributed by atoms with van der Waals surface area (Å²) >= 11 is 1.65. The molecule has 2 N–H and O–H groups in total. The third-order valence-corrected chi connectivity index (χ3v) is 3.38. The molecule has 2 atom stereocenters. The molecule has 0 bridgehead atoms. The van der Waals surface area contributed by atoms with Gasteiger partial charge in [0.15, 0.2) is 0 Å². The lowest BCUT2D eigenvalue weighted by Gasteiger charge is -2.20. The summed E-state index contributed by atoms with van der Waals surface area (Å²) in [4.78, 5) is 0. The van der Waals surface area contributed by atoms with Gasteiger partial charge in [-0.2, -0.15) is 11.3 Å². The average Bonchev–Trinajstić information content (AvgIpc) is 2.94. The molecule has 0 spiro atoms. The topological polar surface area (TPSA) is 62.9 Å². The van der Waals surface area contributed by atoms with E-state index >= 15 is 0 Å². The van der Waals surface area contributed by atoms with Crippen molar-refractivity contribution in [2.24, 2.45) is 5.73 Å². The van der Waals surface area contributed by atoms with Crippen LogP contribution in [0.25, 0.3) is 0 Å². The van der Waals surface area contributed by atoms with E-state index in [1.165, 1.54) is 0 Å². The zero-order chi connectivity index (χ0) is 14.6. The first kappa shape index (κ1) is 17.6. The molecule has 2 unspecified atom stereocenters. The summed E-state index contributed by atoms with van der Waals surface area (Å²) in [6.45, 7) is 5.37. The van der Waals surface area contributed by atoms with Crippen LogP contribution in [0.2, 0.25) is 0 Å². The third-order valence-electron chi connectivity index (χ3n) is 2.68. The molecule has 1 aromatic heterocycles. The predicted molar refractivity (Wildman–Crippen MR) is 80.2 cm³/mol. The Morgan fingerprint density at radius 2 is 1.75 bits per heavy atom. The summed E-state index contributed by atoms with van der Waals surface area (Å²) < 4.78 is 21.4. The second-order valence-corrected chi connectivity index (χ2v) is 5.20. The van der Waals surface area contributed by atoms with E-state index in [1.54, 1.807) is 18.4 Å². The highest BCUT2D eigenvalue weighted by molar-refractivity contribution is 7.07. The Bertz CT molecular complexity index is 319. The minimum atomic E-state index is -0.0668. The van der Waals surface area contributed by atoms with Crippen molar-refractivity contribution in [1.82, 2.24) is 0 Å². The molecular formula is C14H25NO4S. The van der Waals surface area contributed by atoms with E-state index in [0.717, 1.165) is 5.56 Å². The molecule has 6 heteroatoms. The Morgan fingerprint density at radius 3 is 2.30 bits per heavy atom. The van der Waals surface area contributed by atoms with Crippen LogP contribution in [0, 0.1) is 0 Å². The van der Waals surface area contributed by atoms with Crippen molar-refractivity contribution in [3.05, 3.63) is 22.4 Å². The van der Waals surface area contributed by atoms with Crippen LogP contribution in [0.5, 0.6) is 0 Å². The molecule has 1 aromatic rings. The van der Waals surface area contributed by atoms with E-state index in [0.29, 0.717) is 39.6 Å². The van der Waals surface area contributed by atoms with Gasteiger partial charge in [0.2, 0.25) is 0 Å². The summed E-state index contributed by atoms with van der Waals surface area (Å²) in [5.41, 5.74) is 7.08. The molecule has 0 aliphatic heterocycles. The van der Waals surface area contributed by atoms with E-state index in [9.17, 15) is 0 Å². The standard InChI is InChI=1S/C14H25NO4S/c1-12(15)14(13-3-10-20-11-13)19-9-8-18-7-6-17-5-4-16-2/h3,10-12,14H,4-9,15H2,1-2H3. The van der Waals surface area contributed by atoms with Gasteiger partial charge in [0.1, 0.15) is 0 Å². The lowest BCUT2D eigenvalue weighted by Crippen LogP contribution is -2.27. The molecule has 0 radical (unpaired) electrons. The van der Waals surface area contributed by atoms with Crippen molar-refractivity contribution >= 4 is 11.3 Å². The van der Waals surface area contributed by atoms with Gasteiger partial charge in [-0.25, -0.2) is 0 Å². The molecule has 20 heavy (non-hydrogen) atoms. The smallest absolute Gasteiger partial charge is 0.0982 e. The van der Waals surface area contributed by atoms with E-state index in [4.69, 9.17) is 24.7 Å². The summed E-state index contributed by atoms with van der Waals surface area (Å²) in [6.07, 6.45) is -0.0668. The largest absolute Gasteiger partial charge is 0.382 e. The van der Waals surface area contributed by atoms with Crippen LogP contribution in [-0.2, 0) is 18.9 Å². The first-order chi connectivity index (χ1) is 9.75. The molecule has 1 heterocycles. The first-order valence-electron chi connectivity index (χ1n) is 6.79. The zero-order valence-corrected chi connectivity index (χ0v) is 13.1. The van der Waals surface area contributed by atoms with Gasteiger partial charge in [0.25, 0.3) is 0 Å². The lowest BCUT2D eigenvalue weighted by molar-refractivity contribution is -0.0220. The number of hydrogen-bond acceptors (Lipinski definition) is 6. The maximum absolute atomic E-state index is 5.94. The Morgan fingerprint density at radius 1 is 1.10 bits per heavy atom. The fourth-order valence-corrected chi connectivity index (χ4v) is 2.37. The Labute approximate surface area is 125 Å². The molecule has 0 aromatic carbocycles. The lowest BCUT2D eigenvalue weighted by atomic mass is 10.1. The normalized spacial score (nSPS) is 14.3. The van der Waals surface area contributed by atoms with E-state index < -0.39 is 0 Å². The Kier molecular flexibility index (Phi) is 9.82. The minimum Gasteiger partial charge on any atom is -0.382 e. The quantitative estimate of drug-likeness (QED) is 0.597. The highest BCUT2D eigenvalue weighted by Gasteiger charge is 2.16. The zero-order valence-electron chi connectivity index (χ0n) is 12.2. The minimum absolute atomic E-state index is 0.0398. The van der Waals surface area contributed by atoms with Crippen molar-refractivity contribution in [3.8, 4) is 0 Å². The summed E-state index contributed by atoms with van der Waals surface area (Å²) in [5.74, 6) is 0. The van der Waals surface area contributed by atoms with Crippen LogP contribution in [0.15, 0.2) is 16.8 Å². The van der Waals surface area contributed by atoms with Crippen molar-refractivity contribution in [2.75, 3.05) is 46.8 Å². The molecular weight excluding hydrogens is 278 g/mol. The van der Waals surface area contributed by atoms with E-state index in [1.807, 2.05) is 18.4 Å². The second-order valence-electron chi connectivity index (χ2n) is 4.42. The van der Waals surface area contributed by atoms with Crippen molar-refractivity contribution < 1.29 is 18.9 Å². The Hall–Kier alpha value is -0.500. The number of nitrogens with two attached hydrogens (primary N) is 1. The van der Waals surface area contributed by atoms with Crippen molar-refractivity contribution in [2.45, 2.75) is 19.1 Å². The molecule has 0 amide bonds. The molecule has 1 rings (SSSR count). The number of ether oxygens (including phenoxy) is 4. The van der Waals surface area contributed by atoms with Crippen LogP contribution >= 0.6 is 11.3 Å². The molecule has 0 aliphatic carbocycles. The molecule has 0 saturated heterocycles. The van der Waals surface area contributed by atoms with Gasteiger partial charge in [0.05, 0.1) is 45.7 Å². The van der Waals surface area contributed by atoms with Crippen LogP contribution in [0.1, 0.15) is 18.6 Å². The van der Waals surface area contributed by atoms with Crippen LogP contribution in [0.4, 0.5) is 0 Å². The van der Waals surface area contributed by atoms with Crippen LogP contribution < -0.4 is 5.73 Å². The van der Waals surface area contributed by atoms with Gasteiger partial charge < -0.3 is 24.7 Å². The predicted octanol–water partition coefficient (Wildman–Crippen LogP) is 1.83. The monoisotopic (exact) mass is 303 g/mol. The highest BCUT2D eigenvalue weighted by Crippen LogP contribution is 2.22. The average molecular weight is 303 g/mol. The van der Waals surface area contributed by atoms with Gasteiger partial charge in [-0.1, -0.05) is 0 Å².